The summed E-state index contributed by atoms with van der Waals surface area (Å²) in [6.07, 6.45) is 2.52. The Labute approximate surface area is 128 Å². The van der Waals surface area contributed by atoms with E-state index >= 15 is 0 Å². The van der Waals surface area contributed by atoms with E-state index in [0.717, 1.165) is 12.8 Å². The molecule has 0 bridgehead atoms. The fourth-order valence-corrected chi connectivity index (χ4v) is 2.80. The van der Waals surface area contributed by atoms with Crippen LogP contribution in [0.2, 0.25) is 0 Å². The van der Waals surface area contributed by atoms with Crippen LogP contribution in [-0.4, -0.2) is 40.9 Å². The van der Waals surface area contributed by atoms with Gasteiger partial charge in [0.2, 0.25) is 5.91 Å². The molecule has 1 saturated heterocycles. The number of hydrogen-bond donors (Lipinski definition) is 2. The molecule has 2 rings (SSSR count). The molecule has 0 aromatic heterocycles. The Hall–Kier alpha value is -2.37. The third-order valence-electron chi connectivity index (χ3n) is 3.97. The molecule has 1 atom stereocenters. The number of rotatable bonds is 5. The Bertz CT molecular complexity index is 585. The van der Waals surface area contributed by atoms with Crippen molar-refractivity contribution in [3.05, 3.63) is 35.4 Å². The second-order valence-electron chi connectivity index (χ2n) is 5.64. The lowest BCUT2D eigenvalue weighted by Crippen LogP contribution is -2.40. The highest BCUT2D eigenvalue weighted by Crippen LogP contribution is 2.22. The van der Waals surface area contributed by atoms with E-state index in [9.17, 15) is 14.4 Å². The zero-order chi connectivity index (χ0) is 16.1. The minimum atomic E-state index is -0.808. The number of carboxylic acids is 1. The second kappa shape index (κ2) is 7.06. The van der Waals surface area contributed by atoms with E-state index < -0.39 is 11.9 Å². The Balaban J connectivity index is 2.04. The maximum Gasteiger partial charge on any atom is 0.303 e. The van der Waals surface area contributed by atoms with E-state index in [4.69, 9.17) is 10.8 Å². The molecule has 1 fully saturated rings. The Morgan fingerprint density at radius 2 is 2.00 bits per heavy atom. The average Bonchev–Trinajstić information content (AvgIpc) is 2.52. The Morgan fingerprint density at radius 3 is 2.68 bits per heavy atom. The number of amides is 2. The van der Waals surface area contributed by atoms with Gasteiger partial charge in [-0.3, -0.25) is 14.4 Å². The van der Waals surface area contributed by atoms with Crippen molar-refractivity contribution >= 4 is 17.8 Å². The van der Waals surface area contributed by atoms with E-state index in [0.29, 0.717) is 30.6 Å². The van der Waals surface area contributed by atoms with Gasteiger partial charge < -0.3 is 15.7 Å². The van der Waals surface area contributed by atoms with Crippen molar-refractivity contribution in [2.45, 2.75) is 25.7 Å². The van der Waals surface area contributed by atoms with Crippen LogP contribution in [0.4, 0.5) is 0 Å². The molecule has 1 aromatic carbocycles. The highest BCUT2D eigenvalue weighted by Gasteiger charge is 2.25. The lowest BCUT2D eigenvalue weighted by molar-refractivity contribution is -0.137. The Kier molecular flexibility index (Phi) is 5.14. The van der Waals surface area contributed by atoms with Gasteiger partial charge in [0.1, 0.15) is 0 Å². The summed E-state index contributed by atoms with van der Waals surface area (Å²) in [5, 5.41) is 8.76. The zero-order valence-corrected chi connectivity index (χ0v) is 12.3. The molecule has 1 aliphatic rings. The average molecular weight is 304 g/mol. The number of aliphatic carboxylic acids is 1. The van der Waals surface area contributed by atoms with Gasteiger partial charge in [-0.2, -0.15) is 0 Å². The molecule has 3 N–H and O–H groups in total. The summed E-state index contributed by atoms with van der Waals surface area (Å²) >= 11 is 0. The number of nitrogens with zero attached hydrogens (tertiary/aromatic N) is 1. The van der Waals surface area contributed by atoms with Crippen LogP contribution in [0.25, 0.3) is 0 Å². The van der Waals surface area contributed by atoms with Gasteiger partial charge in [0.05, 0.1) is 0 Å². The van der Waals surface area contributed by atoms with Gasteiger partial charge >= 0.3 is 5.97 Å². The molecule has 2 amide bonds. The molecule has 0 radical (unpaired) electrons. The number of piperidine rings is 1. The number of carbonyl (C=O) groups is 3. The summed E-state index contributed by atoms with van der Waals surface area (Å²) < 4.78 is 0. The predicted molar refractivity (Wildman–Crippen MR) is 80.5 cm³/mol. The summed E-state index contributed by atoms with van der Waals surface area (Å²) in [6.45, 7) is 1.22. The molecule has 0 spiro atoms. The molecule has 22 heavy (non-hydrogen) atoms. The molecule has 0 saturated carbocycles. The molecule has 1 aromatic rings. The maximum atomic E-state index is 12.5. The SMILES string of the molecule is NC(=O)c1cccc(C(=O)N2CCC[C@H](CCC(=O)O)C2)c1. The summed E-state index contributed by atoms with van der Waals surface area (Å²) in [4.78, 5) is 36.1. The molecular weight excluding hydrogens is 284 g/mol. The van der Waals surface area contributed by atoms with Crippen molar-refractivity contribution < 1.29 is 19.5 Å². The van der Waals surface area contributed by atoms with Crippen LogP contribution in [0.3, 0.4) is 0 Å². The first-order chi connectivity index (χ1) is 10.5. The van der Waals surface area contributed by atoms with E-state index in [1.165, 1.54) is 6.07 Å². The van der Waals surface area contributed by atoms with Crippen molar-refractivity contribution in [1.29, 1.82) is 0 Å². The lowest BCUT2D eigenvalue weighted by Gasteiger charge is -2.32. The van der Waals surface area contributed by atoms with Crippen LogP contribution >= 0.6 is 0 Å². The summed E-state index contributed by atoms with van der Waals surface area (Å²) in [5.41, 5.74) is 5.98. The molecule has 0 unspecified atom stereocenters. The number of hydrogen-bond acceptors (Lipinski definition) is 3. The van der Waals surface area contributed by atoms with Gasteiger partial charge in [-0.05, 0) is 43.4 Å². The van der Waals surface area contributed by atoms with Crippen LogP contribution in [0.5, 0.6) is 0 Å². The number of carboxylic acid groups (broad SMARTS) is 1. The third-order valence-corrected chi connectivity index (χ3v) is 3.97. The first kappa shape index (κ1) is 16.0. The van der Waals surface area contributed by atoms with Crippen LogP contribution in [0.1, 0.15) is 46.4 Å². The minimum absolute atomic E-state index is 0.129. The normalized spacial score (nSPS) is 18.0. The lowest BCUT2D eigenvalue weighted by atomic mass is 9.93. The maximum absolute atomic E-state index is 12.5. The van der Waals surface area contributed by atoms with Crippen molar-refractivity contribution in [3.63, 3.8) is 0 Å². The molecule has 1 heterocycles. The van der Waals surface area contributed by atoms with E-state index in [-0.39, 0.29) is 18.2 Å². The summed E-state index contributed by atoms with van der Waals surface area (Å²) in [7, 11) is 0. The standard InChI is InChI=1S/C16H20N2O4/c17-15(21)12-4-1-5-13(9-12)16(22)18-8-2-3-11(10-18)6-7-14(19)20/h1,4-5,9,11H,2-3,6-8,10H2,(H2,17,21)(H,19,20)/t11-/m1/s1. The van der Waals surface area contributed by atoms with Gasteiger partial charge in [-0.1, -0.05) is 6.07 Å². The van der Waals surface area contributed by atoms with E-state index in [1.54, 1.807) is 23.1 Å². The quantitative estimate of drug-likeness (QED) is 0.860. The number of carbonyl (C=O) groups excluding carboxylic acids is 2. The van der Waals surface area contributed by atoms with Gasteiger partial charge in [0, 0.05) is 30.6 Å². The largest absolute Gasteiger partial charge is 0.481 e. The fourth-order valence-electron chi connectivity index (χ4n) is 2.80. The number of benzene rings is 1. The van der Waals surface area contributed by atoms with Crippen LogP contribution in [0.15, 0.2) is 24.3 Å². The van der Waals surface area contributed by atoms with Crippen molar-refractivity contribution in [3.8, 4) is 0 Å². The van der Waals surface area contributed by atoms with Crippen molar-refractivity contribution in [1.82, 2.24) is 4.90 Å². The molecule has 118 valence electrons. The van der Waals surface area contributed by atoms with E-state index in [1.807, 2.05) is 0 Å². The van der Waals surface area contributed by atoms with Gasteiger partial charge in [0.15, 0.2) is 0 Å². The van der Waals surface area contributed by atoms with Gasteiger partial charge in [0.25, 0.3) is 5.91 Å². The van der Waals surface area contributed by atoms with Crippen LogP contribution < -0.4 is 5.73 Å². The monoisotopic (exact) mass is 304 g/mol. The van der Waals surface area contributed by atoms with Crippen molar-refractivity contribution in [2.75, 3.05) is 13.1 Å². The molecule has 6 nitrogen and oxygen atoms in total. The van der Waals surface area contributed by atoms with Gasteiger partial charge in [-0.25, -0.2) is 0 Å². The van der Waals surface area contributed by atoms with Crippen molar-refractivity contribution in [2.24, 2.45) is 11.7 Å². The third kappa shape index (κ3) is 4.07. The molecular formula is C16H20N2O4. The first-order valence-electron chi connectivity index (χ1n) is 7.38. The predicted octanol–water partition coefficient (Wildman–Crippen LogP) is 1.50. The second-order valence-corrected chi connectivity index (χ2v) is 5.64. The van der Waals surface area contributed by atoms with Crippen LogP contribution in [0, 0.1) is 5.92 Å². The van der Waals surface area contributed by atoms with E-state index in [2.05, 4.69) is 0 Å². The topological polar surface area (TPSA) is 101 Å². The summed E-state index contributed by atoms with van der Waals surface area (Å²) in [5.74, 6) is -1.29. The highest BCUT2D eigenvalue weighted by atomic mass is 16.4. The number of likely N-dealkylation sites (tertiary alicyclic amines) is 1. The first-order valence-corrected chi connectivity index (χ1v) is 7.38. The molecule has 0 aliphatic carbocycles. The molecule has 1 aliphatic heterocycles. The highest BCUT2D eigenvalue weighted by molar-refractivity contribution is 5.99. The fraction of sp³-hybridized carbons (Fsp3) is 0.438. The van der Waals surface area contributed by atoms with Crippen LogP contribution in [-0.2, 0) is 4.79 Å². The molecule has 6 heteroatoms. The minimum Gasteiger partial charge on any atom is -0.481 e. The summed E-state index contributed by atoms with van der Waals surface area (Å²) in [6, 6.07) is 6.38. The number of primary amides is 1. The Morgan fingerprint density at radius 1 is 1.27 bits per heavy atom. The number of nitrogens with two attached hydrogens (primary N) is 1. The smallest absolute Gasteiger partial charge is 0.303 e. The van der Waals surface area contributed by atoms with Gasteiger partial charge in [-0.15, -0.1) is 0 Å². The zero-order valence-electron chi connectivity index (χ0n) is 12.3.